The van der Waals surface area contributed by atoms with Gasteiger partial charge in [0.15, 0.2) is 0 Å². The summed E-state index contributed by atoms with van der Waals surface area (Å²) in [5.41, 5.74) is 0.445. The summed E-state index contributed by atoms with van der Waals surface area (Å²) < 4.78 is 0. The van der Waals surface area contributed by atoms with Gasteiger partial charge in [-0.15, -0.1) is 0 Å². The highest BCUT2D eigenvalue weighted by atomic mass is 16.6. The predicted octanol–water partition coefficient (Wildman–Crippen LogP) is 1.30. The molecule has 1 N–H and O–H groups in total. The van der Waals surface area contributed by atoms with Crippen molar-refractivity contribution in [2.24, 2.45) is 5.92 Å². The quantitative estimate of drug-likeness (QED) is 0.622. The van der Waals surface area contributed by atoms with E-state index in [4.69, 9.17) is 5.11 Å². The summed E-state index contributed by atoms with van der Waals surface area (Å²) in [4.78, 5) is 48.9. The van der Waals surface area contributed by atoms with Crippen LogP contribution in [0.25, 0.3) is 0 Å². The monoisotopic (exact) mass is 363 g/mol. The fourth-order valence-electron chi connectivity index (χ4n) is 2.91. The zero-order valence-electron chi connectivity index (χ0n) is 14.7. The van der Waals surface area contributed by atoms with Crippen LogP contribution in [0.4, 0.5) is 5.69 Å². The van der Waals surface area contributed by atoms with Crippen LogP contribution >= 0.6 is 0 Å². The van der Waals surface area contributed by atoms with E-state index in [9.17, 15) is 24.5 Å². The molecule has 1 aromatic carbocycles. The van der Waals surface area contributed by atoms with E-state index in [-0.39, 0.29) is 23.7 Å². The fraction of sp³-hybridized carbons (Fsp3) is 0.471. The highest BCUT2D eigenvalue weighted by Crippen LogP contribution is 2.21. The van der Waals surface area contributed by atoms with Crippen LogP contribution in [0.15, 0.2) is 18.2 Å². The smallest absolute Gasteiger partial charge is 0.306 e. The molecule has 1 fully saturated rings. The molecule has 1 aliphatic heterocycles. The van der Waals surface area contributed by atoms with Gasteiger partial charge in [0.2, 0.25) is 5.91 Å². The maximum Gasteiger partial charge on any atom is 0.306 e. The molecule has 0 aromatic heterocycles. The minimum absolute atomic E-state index is 0.141. The number of aryl methyl sites for hydroxylation is 1. The van der Waals surface area contributed by atoms with Gasteiger partial charge in [-0.1, -0.05) is 6.07 Å². The number of carbonyl (C=O) groups excluding carboxylic acids is 2. The number of carboxylic acid groups (broad SMARTS) is 1. The highest BCUT2D eigenvalue weighted by molar-refractivity contribution is 5.97. The minimum Gasteiger partial charge on any atom is -0.481 e. The molecule has 0 bridgehead atoms. The third-order valence-electron chi connectivity index (χ3n) is 4.57. The Morgan fingerprint density at radius 2 is 1.92 bits per heavy atom. The highest BCUT2D eigenvalue weighted by Gasteiger charge is 2.28. The standard InChI is InChI=1S/C17H21N3O6/c1-11-3-4-13(9-14(11)20(25)26)16(22)18(2)10-15(21)19-7-5-12(6-8-19)17(23)24/h3-4,9,12H,5-8,10H2,1-2H3,(H,23,24). The Morgan fingerprint density at radius 3 is 2.46 bits per heavy atom. The first-order chi connectivity index (χ1) is 12.2. The molecule has 0 unspecified atom stereocenters. The van der Waals surface area contributed by atoms with Crippen molar-refractivity contribution >= 4 is 23.5 Å². The number of nitro groups is 1. The van der Waals surface area contributed by atoms with Gasteiger partial charge in [0.25, 0.3) is 11.6 Å². The first-order valence-electron chi connectivity index (χ1n) is 8.21. The second kappa shape index (κ2) is 7.94. The average molecular weight is 363 g/mol. The van der Waals surface area contributed by atoms with Gasteiger partial charge in [0.05, 0.1) is 17.4 Å². The molecule has 1 aliphatic rings. The SMILES string of the molecule is Cc1ccc(C(=O)N(C)CC(=O)N2CCC(C(=O)O)CC2)cc1[N+](=O)[O-]. The zero-order valence-corrected chi connectivity index (χ0v) is 14.7. The first kappa shape index (κ1) is 19.4. The van der Waals surface area contributed by atoms with Crippen molar-refractivity contribution in [3.8, 4) is 0 Å². The van der Waals surface area contributed by atoms with Gasteiger partial charge in [-0.25, -0.2) is 0 Å². The predicted molar refractivity (Wildman–Crippen MR) is 91.7 cm³/mol. The second-order valence-corrected chi connectivity index (χ2v) is 6.41. The maximum atomic E-state index is 12.4. The Labute approximate surface area is 150 Å². The number of amides is 2. The molecule has 2 amide bonds. The van der Waals surface area contributed by atoms with E-state index < -0.39 is 22.7 Å². The van der Waals surface area contributed by atoms with E-state index in [0.29, 0.717) is 31.5 Å². The third-order valence-corrected chi connectivity index (χ3v) is 4.57. The summed E-state index contributed by atoms with van der Waals surface area (Å²) in [7, 11) is 1.45. The number of benzene rings is 1. The molecule has 0 atom stereocenters. The number of carbonyl (C=O) groups is 3. The van der Waals surface area contributed by atoms with E-state index in [2.05, 4.69) is 0 Å². The summed E-state index contributed by atoms with van der Waals surface area (Å²) in [5, 5.41) is 20.0. The van der Waals surface area contributed by atoms with Crippen LogP contribution in [-0.4, -0.2) is 64.3 Å². The van der Waals surface area contributed by atoms with E-state index in [1.54, 1.807) is 11.8 Å². The van der Waals surface area contributed by atoms with Crippen molar-refractivity contribution in [1.29, 1.82) is 0 Å². The lowest BCUT2D eigenvalue weighted by Gasteiger charge is -2.31. The van der Waals surface area contributed by atoms with E-state index in [1.807, 2.05) is 0 Å². The van der Waals surface area contributed by atoms with Gasteiger partial charge in [-0.3, -0.25) is 24.5 Å². The second-order valence-electron chi connectivity index (χ2n) is 6.41. The van der Waals surface area contributed by atoms with Crippen LogP contribution in [-0.2, 0) is 9.59 Å². The summed E-state index contributed by atoms with van der Waals surface area (Å²) in [6, 6.07) is 4.19. The van der Waals surface area contributed by atoms with Gasteiger partial charge in [-0.05, 0) is 25.8 Å². The summed E-state index contributed by atoms with van der Waals surface area (Å²) in [6.45, 7) is 2.10. The zero-order chi connectivity index (χ0) is 19.4. The maximum absolute atomic E-state index is 12.4. The Bertz CT molecular complexity index is 740. The van der Waals surface area contributed by atoms with Crippen molar-refractivity contribution < 1.29 is 24.4 Å². The molecule has 0 spiro atoms. The van der Waals surface area contributed by atoms with Crippen LogP contribution in [0.1, 0.15) is 28.8 Å². The number of likely N-dealkylation sites (N-methyl/N-ethyl adjacent to an activating group) is 1. The summed E-state index contributed by atoms with van der Waals surface area (Å²) in [6.07, 6.45) is 0.784. The number of hydrogen-bond acceptors (Lipinski definition) is 5. The lowest BCUT2D eigenvalue weighted by Crippen LogP contribution is -2.45. The number of likely N-dealkylation sites (tertiary alicyclic amines) is 1. The number of carboxylic acids is 1. The topological polar surface area (TPSA) is 121 Å². The van der Waals surface area contributed by atoms with E-state index in [0.717, 1.165) is 0 Å². The number of hydrogen-bond donors (Lipinski definition) is 1. The van der Waals surface area contributed by atoms with Crippen molar-refractivity contribution in [1.82, 2.24) is 9.80 Å². The summed E-state index contributed by atoms with van der Waals surface area (Å²) >= 11 is 0. The Kier molecular flexibility index (Phi) is 5.91. The molecule has 26 heavy (non-hydrogen) atoms. The number of nitro benzene ring substituents is 1. The third kappa shape index (κ3) is 4.35. The average Bonchev–Trinajstić information content (AvgIpc) is 2.61. The van der Waals surface area contributed by atoms with Gasteiger partial charge >= 0.3 is 5.97 Å². The molecular weight excluding hydrogens is 342 g/mol. The molecule has 0 radical (unpaired) electrons. The van der Waals surface area contributed by atoms with E-state index in [1.165, 1.54) is 30.1 Å². The molecule has 2 rings (SSSR count). The first-order valence-corrected chi connectivity index (χ1v) is 8.21. The number of nitrogens with zero attached hydrogens (tertiary/aromatic N) is 3. The van der Waals surface area contributed by atoms with Crippen LogP contribution in [0.2, 0.25) is 0 Å². The number of piperidine rings is 1. The molecule has 9 nitrogen and oxygen atoms in total. The van der Waals surface area contributed by atoms with Crippen molar-refractivity contribution in [3.63, 3.8) is 0 Å². The molecule has 1 heterocycles. The molecular formula is C17H21N3O6. The largest absolute Gasteiger partial charge is 0.481 e. The Balaban J connectivity index is 1.99. The van der Waals surface area contributed by atoms with Gasteiger partial charge in [0.1, 0.15) is 0 Å². The van der Waals surface area contributed by atoms with Crippen molar-refractivity contribution in [3.05, 3.63) is 39.4 Å². The van der Waals surface area contributed by atoms with Crippen molar-refractivity contribution in [2.45, 2.75) is 19.8 Å². The van der Waals surface area contributed by atoms with Gasteiger partial charge in [0, 0.05) is 37.3 Å². The molecule has 0 saturated carbocycles. The molecule has 1 aromatic rings. The van der Waals surface area contributed by atoms with E-state index >= 15 is 0 Å². The molecule has 1 saturated heterocycles. The minimum atomic E-state index is -0.856. The lowest BCUT2D eigenvalue weighted by molar-refractivity contribution is -0.385. The van der Waals surface area contributed by atoms with Crippen LogP contribution in [0, 0.1) is 23.0 Å². The van der Waals surface area contributed by atoms with Crippen LogP contribution in [0.3, 0.4) is 0 Å². The summed E-state index contributed by atoms with van der Waals surface area (Å²) in [5.74, 6) is -2.05. The molecule has 0 aliphatic carbocycles. The molecule has 140 valence electrons. The Morgan fingerprint density at radius 1 is 1.31 bits per heavy atom. The number of aliphatic carboxylic acids is 1. The van der Waals surface area contributed by atoms with Crippen LogP contribution < -0.4 is 0 Å². The normalized spacial score (nSPS) is 14.8. The number of rotatable bonds is 5. The fourth-order valence-corrected chi connectivity index (χ4v) is 2.91. The Hall–Kier alpha value is -2.97. The lowest BCUT2D eigenvalue weighted by atomic mass is 9.97. The van der Waals surface area contributed by atoms with Gasteiger partial charge in [-0.2, -0.15) is 0 Å². The van der Waals surface area contributed by atoms with Crippen molar-refractivity contribution in [2.75, 3.05) is 26.7 Å². The van der Waals surface area contributed by atoms with Crippen LogP contribution in [0.5, 0.6) is 0 Å². The molecule has 9 heteroatoms. The van der Waals surface area contributed by atoms with Gasteiger partial charge < -0.3 is 14.9 Å².